The lowest BCUT2D eigenvalue weighted by Gasteiger charge is -2.39. The molecule has 7 unspecified atom stereocenters. The highest BCUT2D eigenvalue weighted by Crippen LogP contribution is 2.73. The number of piperidine rings is 2. The van der Waals surface area contributed by atoms with Gasteiger partial charge in [-0.1, -0.05) is 6.92 Å². The number of carbonyl (C=O) groups excluding carboxylic acids is 1. The van der Waals surface area contributed by atoms with Crippen molar-refractivity contribution < 1.29 is 9.53 Å². The maximum Gasteiger partial charge on any atom is 0.310 e. The van der Waals surface area contributed by atoms with E-state index in [0.717, 1.165) is 24.2 Å². The molecule has 1 heterocycles. The third kappa shape index (κ3) is 1.29. The first-order valence-electron chi connectivity index (χ1n) is 9.44. The van der Waals surface area contributed by atoms with Gasteiger partial charge in [0, 0.05) is 17.0 Å². The van der Waals surface area contributed by atoms with Crippen LogP contribution in [0.15, 0.2) is 0 Å². The molecule has 22 heavy (non-hydrogen) atoms. The number of nitrogens with one attached hydrogen (secondary N) is 1. The van der Waals surface area contributed by atoms with E-state index in [2.05, 4.69) is 19.2 Å². The van der Waals surface area contributed by atoms with Crippen molar-refractivity contribution in [1.29, 1.82) is 0 Å². The van der Waals surface area contributed by atoms with E-state index < -0.39 is 0 Å². The molecular weight excluding hydrogens is 274 g/mol. The van der Waals surface area contributed by atoms with E-state index >= 15 is 0 Å². The summed E-state index contributed by atoms with van der Waals surface area (Å²) in [5, 5.41) is 3.77. The number of hydrogen-bond donors (Lipinski definition) is 1. The minimum absolute atomic E-state index is 0.0476. The molecule has 7 fully saturated rings. The molecule has 7 aliphatic rings. The van der Waals surface area contributed by atoms with Crippen molar-refractivity contribution in [2.45, 2.75) is 76.0 Å². The molecular formula is C19H27NO2. The van der Waals surface area contributed by atoms with E-state index in [0.29, 0.717) is 12.0 Å². The van der Waals surface area contributed by atoms with Crippen LogP contribution in [0.4, 0.5) is 0 Å². The van der Waals surface area contributed by atoms with Crippen molar-refractivity contribution in [3.8, 4) is 0 Å². The van der Waals surface area contributed by atoms with Crippen LogP contribution in [-0.4, -0.2) is 23.2 Å². The summed E-state index contributed by atoms with van der Waals surface area (Å²) < 4.78 is 6.33. The zero-order valence-electron chi connectivity index (χ0n) is 13.7. The minimum atomic E-state index is -0.0476. The van der Waals surface area contributed by atoms with Crippen molar-refractivity contribution in [3.05, 3.63) is 0 Å². The summed E-state index contributed by atoms with van der Waals surface area (Å²) in [6.07, 6.45) is 8.53. The van der Waals surface area contributed by atoms with E-state index in [-0.39, 0.29) is 28.4 Å². The fraction of sp³-hybridized carbons (Fsp3) is 0.947. The molecule has 1 saturated heterocycles. The molecule has 7 rings (SSSR count). The number of fused-ring (bicyclic) bond motifs is 1. The molecule has 0 radical (unpaired) electrons. The first-order chi connectivity index (χ1) is 10.4. The predicted molar refractivity (Wildman–Crippen MR) is 82.0 cm³/mol. The predicted octanol–water partition coefficient (Wildman–Crippen LogP) is 2.88. The Morgan fingerprint density at radius 2 is 1.86 bits per heavy atom. The third-order valence-corrected chi connectivity index (χ3v) is 8.79. The second kappa shape index (κ2) is 3.43. The molecule has 1 spiro atoms. The lowest BCUT2D eigenvalue weighted by Crippen LogP contribution is -2.45. The van der Waals surface area contributed by atoms with Gasteiger partial charge in [-0.05, 0) is 75.5 Å². The van der Waals surface area contributed by atoms with Crippen molar-refractivity contribution >= 4 is 5.97 Å². The Balaban J connectivity index is 1.26. The molecule has 0 aromatic carbocycles. The third-order valence-electron chi connectivity index (χ3n) is 8.79. The zero-order chi connectivity index (χ0) is 14.9. The number of rotatable bonds is 2. The lowest BCUT2D eigenvalue weighted by molar-refractivity contribution is -0.172. The molecule has 0 aromatic heterocycles. The van der Waals surface area contributed by atoms with E-state index in [1.807, 2.05) is 0 Å². The number of hydrogen-bond acceptors (Lipinski definition) is 3. The van der Waals surface area contributed by atoms with E-state index in [1.54, 1.807) is 0 Å². The van der Waals surface area contributed by atoms with Crippen LogP contribution in [0, 0.1) is 35.0 Å². The molecule has 6 saturated carbocycles. The van der Waals surface area contributed by atoms with Gasteiger partial charge >= 0.3 is 5.97 Å². The van der Waals surface area contributed by atoms with Gasteiger partial charge in [0.05, 0.1) is 5.92 Å². The fourth-order valence-electron chi connectivity index (χ4n) is 8.17. The summed E-state index contributed by atoms with van der Waals surface area (Å²) in [4.78, 5) is 13.1. The van der Waals surface area contributed by atoms with Gasteiger partial charge in [-0.3, -0.25) is 4.79 Å². The minimum Gasteiger partial charge on any atom is -0.459 e. The average molecular weight is 301 g/mol. The quantitative estimate of drug-likeness (QED) is 0.797. The molecule has 0 amide bonds. The van der Waals surface area contributed by atoms with Crippen LogP contribution >= 0.6 is 0 Å². The number of ether oxygens (including phenoxy) is 1. The maximum atomic E-state index is 13.1. The van der Waals surface area contributed by atoms with Crippen LogP contribution in [-0.2, 0) is 9.53 Å². The van der Waals surface area contributed by atoms with Gasteiger partial charge in [0.25, 0.3) is 0 Å². The molecule has 6 bridgehead atoms. The SMILES string of the molecule is CC1C2NC3(C)CC(C(=O)OC45CC6CC(C4)C(C6)C5)C12C3. The molecule has 7 atom stereocenters. The van der Waals surface area contributed by atoms with Gasteiger partial charge in [-0.25, -0.2) is 0 Å². The maximum absolute atomic E-state index is 13.1. The van der Waals surface area contributed by atoms with Crippen molar-refractivity contribution in [1.82, 2.24) is 5.32 Å². The highest BCUT2D eigenvalue weighted by atomic mass is 16.6. The summed E-state index contributed by atoms with van der Waals surface area (Å²) in [6.45, 7) is 4.63. The van der Waals surface area contributed by atoms with Crippen LogP contribution in [0.3, 0.4) is 0 Å². The number of esters is 1. The summed E-state index contributed by atoms with van der Waals surface area (Å²) in [6, 6.07) is 0.581. The van der Waals surface area contributed by atoms with E-state index in [1.165, 1.54) is 38.5 Å². The monoisotopic (exact) mass is 301 g/mol. The Morgan fingerprint density at radius 3 is 2.50 bits per heavy atom. The standard InChI is InChI=1S/C19H27NO2/c1-10-15-19(10)9-17(2,20-15)8-14(19)16(21)22-18-5-11-3-12(6-18)13(4-11)7-18/h10-15,20H,3-9H2,1-2H3. The Labute approximate surface area is 132 Å². The van der Waals surface area contributed by atoms with Crippen LogP contribution in [0.1, 0.15) is 58.8 Å². The Morgan fingerprint density at radius 1 is 1.14 bits per heavy atom. The Kier molecular flexibility index (Phi) is 2.00. The Hall–Kier alpha value is -0.570. The van der Waals surface area contributed by atoms with Gasteiger partial charge in [0.1, 0.15) is 5.60 Å². The van der Waals surface area contributed by atoms with Gasteiger partial charge in [0.2, 0.25) is 0 Å². The molecule has 1 aliphatic heterocycles. The van der Waals surface area contributed by atoms with E-state index in [4.69, 9.17) is 4.74 Å². The van der Waals surface area contributed by atoms with Crippen LogP contribution in [0.25, 0.3) is 0 Å². The molecule has 3 heteroatoms. The van der Waals surface area contributed by atoms with Gasteiger partial charge in [-0.2, -0.15) is 0 Å². The summed E-state index contributed by atoms with van der Waals surface area (Å²) in [5.41, 5.74) is 0.400. The normalized spacial score (nSPS) is 65.9. The van der Waals surface area contributed by atoms with Crippen molar-refractivity contribution in [2.24, 2.45) is 35.0 Å². The van der Waals surface area contributed by atoms with Crippen LogP contribution in [0.5, 0.6) is 0 Å². The highest BCUT2D eigenvalue weighted by Gasteiger charge is 2.79. The largest absolute Gasteiger partial charge is 0.459 e. The highest BCUT2D eigenvalue weighted by molar-refractivity contribution is 5.77. The molecule has 120 valence electrons. The summed E-state index contributed by atoms with van der Waals surface area (Å²) in [5.74, 6) is 3.60. The average Bonchev–Trinajstić information content (AvgIpc) is 2.82. The topological polar surface area (TPSA) is 38.3 Å². The summed E-state index contributed by atoms with van der Waals surface area (Å²) >= 11 is 0. The second-order valence-corrected chi connectivity index (χ2v) is 10.1. The van der Waals surface area contributed by atoms with Gasteiger partial charge in [0.15, 0.2) is 0 Å². The smallest absolute Gasteiger partial charge is 0.310 e. The lowest BCUT2D eigenvalue weighted by atomic mass is 9.78. The van der Waals surface area contributed by atoms with Crippen LogP contribution in [0.2, 0.25) is 0 Å². The molecule has 0 aromatic rings. The summed E-state index contributed by atoms with van der Waals surface area (Å²) in [7, 11) is 0. The second-order valence-electron chi connectivity index (χ2n) is 10.1. The first-order valence-corrected chi connectivity index (χ1v) is 9.44. The molecule has 1 N–H and O–H groups in total. The van der Waals surface area contributed by atoms with Crippen molar-refractivity contribution in [2.75, 3.05) is 0 Å². The molecule has 3 nitrogen and oxygen atoms in total. The van der Waals surface area contributed by atoms with Gasteiger partial charge < -0.3 is 10.1 Å². The fourth-order valence-corrected chi connectivity index (χ4v) is 8.17. The number of carbonyl (C=O) groups is 1. The van der Waals surface area contributed by atoms with Crippen LogP contribution < -0.4 is 5.32 Å². The van der Waals surface area contributed by atoms with E-state index in [9.17, 15) is 4.79 Å². The first kappa shape index (κ1) is 12.8. The molecule has 6 aliphatic carbocycles. The van der Waals surface area contributed by atoms with Gasteiger partial charge in [-0.15, -0.1) is 0 Å². The van der Waals surface area contributed by atoms with Crippen molar-refractivity contribution in [3.63, 3.8) is 0 Å². The zero-order valence-corrected chi connectivity index (χ0v) is 13.7. The Bertz CT molecular complexity index is 568.